The Morgan fingerprint density at radius 3 is 1.16 bits per heavy atom. The summed E-state index contributed by atoms with van der Waals surface area (Å²) in [5.74, 6) is -2.34. The zero-order valence-electron chi connectivity index (χ0n) is 40.3. The Balaban J connectivity index is 0.950. The second-order valence-corrected chi connectivity index (χ2v) is 16.9. The number of methoxy groups -OCH3 is 2. The van der Waals surface area contributed by atoms with Crippen molar-refractivity contribution in [2.24, 2.45) is 20.5 Å². The average molecular weight is 983 g/mol. The van der Waals surface area contributed by atoms with Crippen molar-refractivity contribution >= 4 is 90.7 Å². The summed E-state index contributed by atoms with van der Waals surface area (Å²) in [5, 5.41) is 54.6. The fraction of sp³-hybridized carbons (Fsp3) is 0.0690. The van der Waals surface area contributed by atoms with E-state index in [1.807, 2.05) is 12.1 Å². The van der Waals surface area contributed by atoms with E-state index in [-0.39, 0.29) is 45.0 Å². The second-order valence-electron chi connectivity index (χ2n) is 16.9. The second kappa shape index (κ2) is 21.4. The number of amides is 4. The number of carbonyl (C=O) groups is 4. The summed E-state index contributed by atoms with van der Waals surface area (Å²) >= 11 is 0. The van der Waals surface area contributed by atoms with Gasteiger partial charge in [0.15, 0.2) is 11.5 Å². The molecule has 9 aromatic rings. The number of hydrogen-bond acceptors (Lipinski definition) is 12. The molecular formula is C58H46N8O8. The maximum absolute atomic E-state index is 14.1. The van der Waals surface area contributed by atoms with E-state index in [0.717, 1.165) is 0 Å². The normalized spacial score (nSPS) is 11.2. The van der Waals surface area contributed by atoms with Gasteiger partial charge in [-0.15, -0.1) is 10.2 Å². The van der Waals surface area contributed by atoms with Gasteiger partial charge in [0.05, 0.1) is 47.8 Å². The number of aryl methyl sites for hydroxylation is 2. The first-order valence-electron chi connectivity index (χ1n) is 23.0. The maximum atomic E-state index is 14.1. The Hall–Kier alpha value is -10.2. The van der Waals surface area contributed by atoms with Gasteiger partial charge in [0.1, 0.15) is 22.9 Å². The van der Waals surface area contributed by atoms with E-state index in [1.165, 1.54) is 26.4 Å². The lowest BCUT2D eigenvalue weighted by Crippen LogP contribution is -2.15. The number of aromatic hydroxyl groups is 2. The molecule has 6 N–H and O–H groups in total. The Labute approximate surface area is 424 Å². The topological polar surface area (TPSA) is 225 Å². The third-order valence-corrected chi connectivity index (χ3v) is 12.0. The van der Waals surface area contributed by atoms with Gasteiger partial charge in [0, 0.05) is 33.5 Å². The van der Waals surface area contributed by atoms with E-state index in [2.05, 4.69) is 41.7 Å². The van der Waals surface area contributed by atoms with Crippen molar-refractivity contribution in [3.63, 3.8) is 0 Å². The van der Waals surface area contributed by atoms with E-state index in [9.17, 15) is 29.4 Å². The van der Waals surface area contributed by atoms with Gasteiger partial charge in [-0.05, 0) is 121 Å². The minimum Gasteiger partial charge on any atom is -0.505 e. The highest BCUT2D eigenvalue weighted by Gasteiger charge is 2.23. The first-order valence-corrected chi connectivity index (χ1v) is 23.0. The lowest BCUT2D eigenvalue weighted by atomic mass is 10.0. The molecule has 0 aromatic heterocycles. The van der Waals surface area contributed by atoms with E-state index < -0.39 is 35.1 Å². The molecule has 16 heteroatoms. The Kier molecular flexibility index (Phi) is 14.1. The number of azo groups is 2. The fourth-order valence-corrected chi connectivity index (χ4v) is 8.17. The molecule has 0 atom stereocenters. The number of benzene rings is 9. The van der Waals surface area contributed by atoms with Crippen molar-refractivity contribution in [2.75, 3.05) is 35.5 Å². The summed E-state index contributed by atoms with van der Waals surface area (Å²) in [4.78, 5) is 54.7. The molecule has 0 heterocycles. The first kappa shape index (κ1) is 48.8. The first-order chi connectivity index (χ1) is 35.9. The van der Waals surface area contributed by atoms with Gasteiger partial charge in [-0.3, -0.25) is 19.2 Å². The van der Waals surface area contributed by atoms with Gasteiger partial charge in [-0.2, -0.15) is 10.2 Å². The number of hydrogen-bond donors (Lipinski definition) is 6. The van der Waals surface area contributed by atoms with Gasteiger partial charge in [-0.25, -0.2) is 0 Å². The molecule has 0 unspecified atom stereocenters. The molecule has 16 nitrogen and oxygen atoms in total. The van der Waals surface area contributed by atoms with Gasteiger partial charge in [0.2, 0.25) is 0 Å². The van der Waals surface area contributed by atoms with Crippen LogP contribution in [0.25, 0.3) is 21.5 Å². The molecule has 366 valence electrons. The Morgan fingerprint density at radius 2 is 0.770 bits per heavy atom. The molecule has 0 saturated carbocycles. The highest BCUT2D eigenvalue weighted by atomic mass is 16.5. The van der Waals surface area contributed by atoms with Crippen LogP contribution in [-0.4, -0.2) is 48.1 Å². The van der Waals surface area contributed by atoms with Crippen molar-refractivity contribution < 1.29 is 38.9 Å². The number of para-hydroxylation sites is 2. The van der Waals surface area contributed by atoms with E-state index >= 15 is 0 Å². The molecule has 9 rings (SSSR count). The minimum absolute atomic E-state index is 0.0327. The van der Waals surface area contributed by atoms with Crippen LogP contribution in [0.4, 0.5) is 45.5 Å². The molecule has 74 heavy (non-hydrogen) atoms. The lowest BCUT2D eigenvalue weighted by Gasteiger charge is -2.16. The zero-order valence-corrected chi connectivity index (χ0v) is 40.3. The number of nitrogens with one attached hydrogen (secondary N) is 4. The SMILES string of the molecule is COc1ccc(N=Nc2c(O)c(C(=O)Nc3cc(C)c(NC(=O)c4cc5ccccc5c(N=Nc5ccc(OC)c(C(=O)Nc6ccccc6)c5)c4O)cc3C)cc3ccccc23)cc1C(=O)Nc1ccccc1. The van der Waals surface area contributed by atoms with Gasteiger partial charge < -0.3 is 41.0 Å². The summed E-state index contributed by atoms with van der Waals surface area (Å²) in [6.07, 6.45) is 0. The van der Waals surface area contributed by atoms with Crippen molar-refractivity contribution in [3.05, 3.63) is 203 Å². The number of nitrogens with zero attached hydrogens (tertiary/aromatic N) is 4. The molecule has 0 aliphatic carbocycles. The van der Waals surface area contributed by atoms with Crippen LogP contribution < -0.4 is 30.7 Å². The molecule has 0 saturated heterocycles. The van der Waals surface area contributed by atoms with Crippen molar-refractivity contribution in [1.82, 2.24) is 0 Å². The van der Waals surface area contributed by atoms with Crippen LogP contribution in [0.15, 0.2) is 190 Å². The number of rotatable bonds is 14. The van der Waals surface area contributed by atoms with Crippen LogP contribution in [-0.2, 0) is 0 Å². The van der Waals surface area contributed by atoms with Crippen LogP contribution in [0.3, 0.4) is 0 Å². The summed E-state index contributed by atoms with van der Waals surface area (Å²) < 4.78 is 10.9. The monoisotopic (exact) mass is 982 g/mol. The number of fused-ring (bicyclic) bond motifs is 2. The minimum atomic E-state index is -0.641. The largest absolute Gasteiger partial charge is 0.505 e. The number of carbonyl (C=O) groups excluding carboxylic acids is 4. The number of phenolic OH excluding ortho intramolecular Hbond substituents is 2. The molecular weight excluding hydrogens is 937 g/mol. The standard InChI is InChI=1S/C58H46N8O8/c1-33-27-48(62-58(72)46-30-36-16-12-14-22-42(36)52(54(46)68)66-64-40-24-26-50(74-4)44(32-40)56(70)60-38-19-9-6-10-20-38)34(2)28-47(33)61-57(71)45-29-35-15-11-13-21-41(35)51(53(45)67)65-63-39-23-25-49(73-3)43(31-39)55(69)59-37-17-7-5-8-18-37/h5-32,67-68H,1-4H3,(H,59,69)(H,60,70)(H,61,71)(H,62,72). The molecule has 0 aliphatic heterocycles. The summed E-state index contributed by atoms with van der Waals surface area (Å²) in [5.41, 5.74) is 4.02. The van der Waals surface area contributed by atoms with Crippen LogP contribution >= 0.6 is 0 Å². The molecule has 9 aromatic carbocycles. The van der Waals surface area contributed by atoms with Crippen LogP contribution in [0.1, 0.15) is 52.6 Å². The van der Waals surface area contributed by atoms with Crippen LogP contribution in [0, 0.1) is 13.8 Å². The van der Waals surface area contributed by atoms with E-state index in [4.69, 9.17) is 9.47 Å². The maximum Gasteiger partial charge on any atom is 0.259 e. The lowest BCUT2D eigenvalue weighted by molar-refractivity contribution is 0.101. The Bertz CT molecular complexity index is 3490. The summed E-state index contributed by atoms with van der Waals surface area (Å²) in [6.45, 7) is 3.49. The number of anilines is 4. The van der Waals surface area contributed by atoms with Crippen molar-refractivity contribution in [2.45, 2.75) is 13.8 Å². The quantitative estimate of drug-likeness (QED) is 0.0573. The van der Waals surface area contributed by atoms with Crippen LogP contribution in [0.5, 0.6) is 23.0 Å². The van der Waals surface area contributed by atoms with Crippen molar-refractivity contribution in [1.29, 1.82) is 0 Å². The predicted molar refractivity (Wildman–Crippen MR) is 286 cm³/mol. The summed E-state index contributed by atoms with van der Waals surface area (Å²) in [6, 6.07) is 48.0. The molecule has 0 radical (unpaired) electrons. The highest BCUT2D eigenvalue weighted by molar-refractivity contribution is 6.14. The highest BCUT2D eigenvalue weighted by Crippen LogP contribution is 2.42. The number of phenols is 2. The smallest absolute Gasteiger partial charge is 0.259 e. The zero-order chi connectivity index (χ0) is 51.9. The number of ether oxygens (including phenoxy) is 2. The van der Waals surface area contributed by atoms with E-state index in [1.54, 1.807) is 159 Å². The Morgan fingerprint density at radius 1 is 0.405 bits per heavy atom. The van der Waals surface area contributed by atoms with Crippen LogP contribution in [0.2, 0.25) is 0 Å². The predicted octanol–water partition coefficient (Wildman–Crippen LogP) is 13.9. The third-order valence-electron chi connectivity index (χ3n) is 12.0. The molecule has 4 amide bonds. The molecule has 0 fully saturated rings. The van der Waals surface area contributed by atoms with Crippen molar-refractivity contribution in [3.8, 4) is 23.0 Å². The molecule has 0 bridgehead atoms. The molecule has 0 aliphatic rings. The fourth-order valence-electron chi connectivity index (χ4n) is 8.17. The van der Waals surface area contributed by atoms with E-state index in [0.29, 0.717) is 66.9 Å². The average Bonchev–Trinajstić information content (AvgIpc) is 3.41. The van der Waals surface area contributed by atoms with Gasteiger partial charge >= 0.3 is 0 Å². The third kappa shape index (κ3) is 10.5. The molecule has 0 spiro atoms. The van der Waals surface area contributed by atoms with Gasteiger partial charge in [0.25, 0.3) is 23.6 Å². The summed E-state index contributed by atoms with van der Waals surface area (Å²) in [7, 11) is 2.91. The van der Waals surface area contributed by atoms with Gasteiger partial charge in [-0.1, -0.05) is 84.9 Å².